The van der Waals surface area contributed by atoms with E-state index in [-0.39, 0.29) is 5.84 Å². The van der Waals surface area contributed by atoms with Crippen LogP contribution in [0.25, 0.3) is 0 Å². The molecule has 0 aliphatic heterocycles. The molecule has 2 rings (SSSR count). The van der Waals surface area contributed by atoms with Crippen molar-refractivity contribution in [2.24, 2.45) is 10.9 Å². The Kier molecular flexibility index (Phi) is 4.07. The Morgan fingerprint density at radius 2 is 2.06 bits per heavy atom. The number of pyridine rings is 1. The molecule has 6 heteroatoms. The van der Waals surface area contributed by atoms with Gasteiger partial charge in [-0.25, -0.2) is 0 Å². The fourth-order valence-corrected chi connectivity index (χ4v) is 2.57. The van der Waals surface area contributed by atoms with Gasteiger partial charge in [0.2, 0.25) is 0 Å². The van der Waals surface area contributed by atoms with Crippen LogP contribution in [0.15, 0.2) is 57.7 Å². The van der Waals surface area contributed by atoms with Gasteiger partial charge >= 0.3 is 0 Å². The molecule has 1 aromatic carbocycles. The Morgan fingerprint density at radius 1 is 1.28 bits per heavy atom. The van der Waals surface area contributed by atoms with Crippen molar-refractivity contribution >= 4 is 29.2 Å². The number of halogens is 1. The molecule has 0 unspecified atom stereocenters. The molecule has 2 aromatic rings. The van der Waals surface area contributed by atoms with Crippen molar-refractivity contribution in [3.8, 4) is 0 Å². The van der Waals surface area contributed by atoms with Gasteiger partial charge in [-0.2, -0.15) is 0 Å². The number of oxime groups is 1. The summed E-state index contributed by atoms with van der Waals surface area (Å²) in [6.07, 6.45) is 3.24. The third-order valence-electron chi connectivity index (χ3n) is 2.22. The van der Waals surface area contributed by atoms with Crippen molar-refractivity contribution < 1.29 is 5.21 Å². The second-order valence-electron chi connectivity index (χ2n) is 3.39. The van der Waals surface area contributed by atoms with E-state index in [4.69, 9.17) is 22.5 Å². The van der Waals surface area contributed by atoms with Gasteiger partial charge in [-0.15, -0.1) is 0 Å². The maximum absolute atomic E-state index is 8.74. The number of rotatable bonds is 3. The molecule has 0 aliphatic rings. The molecule has 18 heavy (non-hydrogen) atoms. The summed E-state index contributed by atoms with van der Waals surface area (Å²) in [5, 5.41) is 12.4. The zero-order chi connectivity index (χ0) is 13.0. The first-order valence-corrected chi connectivity index (χ1v) is 6.26. The highest BCUT2D eigenvalue weighted by Gasteiger charge is 2.10. The summed E-state index contributed by atoms with van der Waals surface area (Å²) < 4.78 is 0. The smallest absolute Gasteiger partial charge is 0.171 e. The van der Waals surface area contributed by atoms with Crippen molar-refractivity contribution in [1.29, 1.82) is 0 Å². The van der Waals surface area contributed by atoms with E-state index in [9.17, 15) is 0 Å². The highest BCUT2D eigenvalue weighted by atomic mass is 35.5. The monoisotopic (exact) mass is 279 g/mol. The normalized spacial score (nSPS) is 11.5. The maximum Gasteiger partial charge on any atom is 0.171 e. The summed E-state index contributed by atoms with van der Waals surface area (Å²) in [7, 11) is 0. The standard InChI is InChI=1S/C12H10ClN3OS/c13-9-3-1-2-4-10(9)18-11-7-15-6-5-8(11)12(14)16-17/h1-7,17H,(H2,14,16). The minimum atomic E-state index is 0.0481. The van der Waals surface area contributed by atoms with Gasteiger partial charge in [0.25, 0.3) is 0 Å². The molecule has 1 aromatic heterocycles. The average molecular weight is 280 g/mol. The van der Waals surface area contributed by atoms with Gasteiger partial charge in [0.05, 0.1) is 5.02 Å². The molecule has 92 valence electrons. The molecule has 0 radical (unpaired) electrons. The predicted octanol–water partition coefficient (Wildman–Crippen LogP) is 2.98. The summed E-state index contributed by atoms with van der Waals surface area (Å²) in [4.78, 5) is 5.70. The number of hydrogen-bond donors (Lipinski definition) is 2. The van der Waals surface area contributed by atoms with Gasteiger partial charge < -0.3 is 10.9 Å². The van der Waals surface area contributed by atoms with Crippen LogP contribution in [0.1, 0.15) is 5.56 Å². The number of benzene rings is 1. The van der Waals surface area contributed by atoms with Crippen LogP contribution >= 0.6 is 23.4 Å². The lowest BCUT2D eigenvalue weighted by atomic mass is 10.2. The minimum absolute atomic E-state index is 0.0481. The van der Waals surface area contributed by atoms with E-state index in [0.29, 0.717) is 10.6 Å². The predicted molar refractivity (Wildman–Crippen MR) is 72.3 cm³/mol. The van der Waals surface area contributed by atoms with Crippen LogP contribution in [0, 0.1) is 0 Å². The zero-order valence-corrected chi connectivity index (χ0v) is 10.8. The highest BCUT2D eigenvalue weighted by molar-refractivity contribution is 7.99. The molecule has 0 spiro atoms. The molecule has 0 amide bonds. The summed E-state index contributed by atoms with van der Waals surface area (Å²) in [5.74, 6) is 0.0481. The second kappa shape index (κ2) is 5.75. The van der Waals surface area contributed by atoms with Gasteiger partial charge in [-0.1, -0.05) is 40.7 Å². The van der Waals surface area contributed by atoms with Crippen molar-refractivity contribution in [3.63, 3.8) is 0 Å². The minimum Gasteiger partial charge on any atom is -0.409 e. The van der Waals surface area contributed by atoms with Gasteiger partial charge in [0.15, 0.2) is 5.84 Å². The van der Waals surface area contributed by atoms with Crippen LogP contribution in [0.3, 0.4) is 0 Å². The first-order chi connectivity index (χ1) is 8.72. The molecule has 4 nitrogen and oxygen atoms in total. The molecule has 3 N–H and O–H groups in total. The molecule has 0 saturated carbocycles. The third-order valence-corrected chi connectivity index (χ3v) is 3.79. The van der Waals surface area contributed by atoms with Crippen LogP contribution < -0.4 is 5.73 Å². The third kappa shape index (κ3) is 2.75. The molecule has 1 heterocycles. The van der Waals surface area contributed by atoms with E-state index in [1.54, 1.807) is 18.5 Å². The van der Waals surface area contributed by atoms with Gasteiger partial charge in [0, 0.05) is 27.7 Å². The lowest BCUT2D eigenvalue weighted by molar-refractivity contribution is 0.318. The Bertz CT molecular complexity index is 589. The molecule has 0 saturated heterocycles. The van der Waals surface area contributed by atoms with Crippen molar-refractivity contribution in [3.05, 3.63) is 53.3 Å². The van der Waals surface area contributed by atoms with Gasteiger partial charge in [-0.3, -0.25) is 4.98 Å². The SMILES string of the molecule is N/C(=N/O)c1ccncc1Sc1ccccc1Cl. The van der Waals surface area contributed by atoms with Crippen molar-refractivity contribution in [1.82, 2.24) is 4.98 Å². The number of nitrogens with zero attached hydrogens (tertiary/aromatic N) is 2. The van der Waals surface area contributed by atoms with E-state index in [1.165, 1.54) is 11.8 Å². The fourth-order valence-electron chi connectivity index (χ4n) is 1.37. The Morgan fingerprint density at radius 3 is 2.78 bits per heavy atom. The second-order valence-corrected chi connectivity index (χ2v) is 4.88. The van der Waals surface area contributed by atoms with Crippen LogP contribution in [-0.4, -0.2) is 16.0 Å². The van der Waals surface area contributed by atoms with Gasteiger partial charge in [-0.05, 0) is 18.2 Å². The molecular weight excluding hydrogens is 270 g/mol. The molecule has 0 bridgehead atoms. The summed E-state index contributed by atoms with van der Waals surface area (Å²) in [5.41, 5.74) is 6.24. The van der Waals surface area contributed by atoms with E-state index >= 15 is 0 Å². The number of nitrogens with two attached hydrogens (primary N) is 1. The van der Waals surface area contributed by atoms with E-state index in [2.05, 4.69) is 10.1 Å². The van der Waals surface area contributed by atoms with Crippen molar-refractivity contribution in [2.45, 2.75) is 9.79 Å². The fraction of sp³-hybridized carbons (Fsp3) is 0. The number of hydrogen-bond acceptors (Lipinski definition) is 4. The van der Waals surface area contributed by atoms with E-state index in [1.807, 2.05) is 24.3 Å². The zero-order valence-electron chi connectivity index (χ0n) is 9.25. The summed E-state index contributed by atoms with van der Waals surface area (Å²) in [6.45, 7) is 0. The van der Waals surface area contributed by atoms with E-state index in [0.717, 1.165) is 9.79 Å². The lowest BCUT2D eigenvalue weighted by Gasteiger charge is -2.07. The Balaban J connectivity index is 2.38. The topological polar surface area (TPSA) is 71.5 Å². The number of amidine groups is 1. The van der Waals surface area contributed by atoms with Crippen LogP contribution in [-0.2, 0) is 0 Å². The van der Waals surface area contributed by atoms with Gasteiger partial charge in [0.1, 0.15) is 0 Å². The maximum atomic E-state index is 8.74. The average Bonchev–Trinajstić information content (AvgIpc) is 2.41. The molecule has 0 fully saturated rings. The Hall–Kier alpha value is -1.72. The molecule has 0 atom stereocenters. The van der Waals surface area contributed by atoms with Crippen LogP contribution in [0.2, 0.25) is 5.02 Å². The van der Waals surface area contributed by atoms with Crippen molar-refractivity contribution in [2.75, 3.05) is 0 Å². The first kappa shape index (κ1) is 12.7. The summed E-state index contributed by atoms with van der Waals surface area (Å²) in [6, 6.07) is 9.15. The largest absolute Gasteiger partial charge is 0.409 e. The van der Waals surface area contributed by atoms with Crippen LogP contribution in [0.5, 0.6) is 0 Å². The molecular formula is C12H10ClN3OS. The van der Waals surface area contributed by atoms with E-state index < -0.39 is 0 Å². The number of aromatic nitrogens is 1. The molecule has 0 aliphatic carbocycles. The lowest BCUT2D eigenvalue weighted by Crippen LogP contribution is -2.14. The summed E-state index contributed by atoms with van der Waals surface area (Å²) >= 11 is 7.51. The first-order valence-electron chi connectivity index (χ1n) is 5.06. The highest BCUT2D eigenvalue weighted by Crippen LogP contribution is 2.34. The van der Waals surface area contributed by atoms with Crippen LogP contribution in [0.4, 0.5) is 0 Å². The Labute approximate surface area is 113 Å². The quantitative estimate of drug-likeness (QED) is 0.392.